The van der Waals surface area contributed by atoms with E-state index < -0.39 is 0 Å². The van der Waals surface area contributed by atoms with Gasteiger partial charge >= 0.3 is 0 Å². The Morgan fingerprint density at radius 2 is 1.42 bits per heavy atom. The van der Waals surface area contributed by atoms with Crippen LogP contribution >= 0.6 is 22.6 Å². The molecule has 3 aromatic rings. The van der Waals surface area contributed by atoms with Crippen LogP contribution in [0.5, 0.6) is 0 Å². The van der Waals surface area contributed by atoms with Crippen molar-refractivity contribution in [2.75, 3.05) is 0 Å². The zero-order valence-electron chi connectivity index (χ0n) is 10.1. The predicted molar refractivity (Wildman–Crippen MR) is 87.3 cm³/mol. The molecule has 0 atom stereocenters. The lowest BCUT2D eigenvalue weighted by Gasteiger charge is -2.00. The van der Waals surface area contributed by atoms with Crippen molar-refractivity contribution in [3.8, 4) is 0 Å². The number of halogens is 1. The number of azo groups is 1. The van der Waals surface area contributed by atoms with Crippen LogP contribution in [0.15, 0.2) is 77.0 Å². The molecule has 3 heteroatoms. The van der Waals surface area contributed by atoms with Crippen molar-refractivity contribution in [1.29, 1.82) is 0 Å². The van der Waals surface area contributed by atoms with Crippen molar-refractivity contribution in [3.05, 3.63) is 70.3 Å². The van der Waals surface area contributed by atoms with Gasteiger partial charge in [0, 0.05) is 8.96 Å². The van der Waals surface area contributed by atoms with E-state index in [1.54, 1.807) is 0 Å². The second-order valence-corrected chi connectivity index (χ2v) is 5.42. The van der Waals surface area contributed by atoms with E-state index in [-0.39, 0.29) is 0 Å². The largest absolute Gasteiger partial charge is 0.151 e. The Morgan fingerprint density at radius 1 is 0.684 bits per heavy atom. The molecular formula is C16H11IN2. The van der Waals surface area contributed by atoms with Crippen molar-refractivity contribution < 1.29 is 0 Å². The summed E-state index contributed by atoms with van der Waals surface area (Å²) in [7, 11) is 0. The van der Waals surface area contributed by atoms with E-state index in [0.717, 1.165) is 16.8 Å². The average molecular weight is 358 g/mol. The highest BCUT2D eigenvalue weighted by Crippen LogP contribution is 2.27. The van der Waals surface area contributed by atoms with Gasteiger partial charge in [0.05, 0.1) is 11.4 Å². The summed E-state index contributed by atoms with van der Waals surface area (Å²) in [6, 6.07) is 22.3. The molecule has 0 aliphatic carbocycles. The van der Waals surface area contributed by atoms with Crippen LogP contribution in [0.4, 0.5) is 11.4 Å². The highest BCUT2D eigenvalue weighted by Gasteiger charge is 1.98. The Kier molecular flexibility index (Phi) is 3.55. The molecule has 0 N–H and O–H groups in total. The third-order valence-electron chi connectivity index (χ3n) is 2.87. The summed E-state index contributed by atoms with van der Waals surface area (Å²) in [5.41, 5.74) is 1.77. The quantitative estimate of drug-likeness (QED) is 0.405. The van der Waals surface area contributed by atoms with E-state index in [9.17, 15) is 0 Å². The summed E-state index contributed by atoms with van der Waals surface area (Å²) in [6.45, 7) is 0. The lowest BCUT2D eigenvalue weighted by molar-refractivity contribution is 1.24. The minimum atomic E-state index is 0.869. The minimum absolute atomic E-state index is 0.869. The van der Waals surface area contributed by atoms with Gasteiger partial charge in [-0.05, 0) is 58.3 Å². The summed E-state index contributed by atoms with van der Waals surface area (Å²) < 4.78 is 1.20. The number of nitrogens with zero attached hydrogens (tertiary/aromatic N) is 2. The molecule has 2 nitrogen and oxygen atoms in total. The summed E-state index contributed by atoms with van der Waals surface area (Å²) in [6.07, 6.45) is 0. The molecule has 0 saturated carbocycles. The summed E-state index contributed by atoms with van der Waals surface area (Å²) in [4.78, 5) is 0. The maximum atomic E-state index is 4.36. The van der Waals surface area contributed by atoms with Gasteiger partial charge in [-0.1, -0.05) is 36.4 Å². The minimum Gasteiger partial charge on any atom is -0.151 e. The molecule has 0 saturated heterocycles. The van der Waals surface area contributed by atoms with Gasteiger partial charge in [0.15, 0.2) is 0 Å². The number of fused-ring (bicyclic) bond motifs is 1. The fourth-order valence-corrected chi connectivity index (χ4v) is 2.27. The van der Waals surface area contributed by atoms with Gasteiger partial charge in [0.25, 0.3) is 0 Å². The SMILES string of the molecule is Ic1ccc(N=Nc2cccc3ccccc23)cc1. The van der Waals surface area contributed by atoms with Gasteiger partial charge in [0.2, 0.25) is 0 Å². The molecule has 0 aliphatic heterocycles. The van der Waals surface area contributed by atoms with Crippen molar-refractivity contribution in [3.63, 3.8) is 0 Å². The average Bonchev–Trinajstić information content (AvgIpc) is 2.47. The van der Waals surface area contributed by atoms with Gasteiger partial charge < -0.3 is 0 Å². The van der Waals surface area contributed by atoms with Crippen molar-refractivity contribution in [2.24, 2.45) is 10.2 Å². The topological polar surface area (TPSA) is 24.7 Å². The maximum Gasteiger partial charge on any atom is 0.0935 e. The molecule has 19 heavy (non-hydrogen) atoms. The van der Waals surface area contributed by atoms with Gasteiger partial charge in [-0.2, -0.15) is 5.11 Å². The Morgan fingerprint density at radius 3 is 2.26 bits per heavy atom. The lowest BCUT2D eigenvalue weighted by atomic mass is 10.1. The Bertz CT molecular complexity index is 728. The van der Waals surface area contributed by atoms with Crippen LogP contribution in [0.1, 0.15) is 0 Å². The van der Waals surface area contributed by atoms with Gasteiger partial charge in [-0.3, -0.25) is 0 Å². The highest BCUT2D eigenvalue weighted by molar-refractivity contribution is 14.1. The zero-order chi connectivity index (χ0) is 13.1. The lowest BCUT2D eigenvalue weighted by Crippen LogP contribution is -1.72. The van der Waals surface area contributed by atoms with Crippen LogP contribution < -0.4 is 0 Å². The summed E-state index contributed by atoms with van der Waals surface area (Å²) >= 11 is 2.28. The van der Waals surface area contributed by atoms with Crippen molar-refractivity contribution in [1.82, 2.24) is 0 Å². The van der Waals surface area contributed by atoms with E-state index >= 15 is 0 Å². The molecule has 0 fully saturated rings. The fourth-order valence-electron chi connectivity index (χ4n) is 1.91. The zero-order valence-corrected chi connectivity index (χ0v) is 12.3. The molecular weight excluding hydrogens is 347 g/mol. The Hall–Kier alpha value is -1.75. The van der Waals surface area contributed by atoms with Crippen LogP contribution in [0, 0.1) is 3.57 Å². The van der Waals surface area contributed by atoms with E-state index in [4.69, 9.17) is 0 Å². The molecule has 0 unspecified atom stereocenters. The van der Waals surface area contributed by atoms with Crippen molar-refractivity contribution in [2.45, 2.75) is 0 Å². The molecule has 0 bridgehead atoms. The first-order chi connectivity index (χ1) is 9.33. The normalized spacial score (nSPS) is 11.2. The molecule has 3 aromatic carbocycles. The second-order valence-electron chi connectivity index (χ2n) is 4.17. The monoisotopic (exact) mass is 358 g/mol. The highest BCUT2D eigenvalue weighted by atomic mass is 127. The molecule has 0 aromatic heterocycles. The molecule has 0 heterocycles. The number of hydrogen-bond donors (Lipinski definition) is 0. The van der Waals surface area contributed by atoms with Gasteiger partial charge in [0.1, 0.15) is 0 Å². The molecule has 0 spiro atoms. The standard InChI is InChI=1S/C16H11IN2/c17-13-8-10-14(11-9-13)18-19-16-7-3-5-12-4-1-2-6-15(12)16/h1-11H. The summed E-state index contributed by atoms with van der Waals surface area (Å²) in [5.74, 6) is 0. The van der Waals surface area contributed by atoms with Crippen LogP contribution in [-0.2, 0) is 0 Å². The number of benzene rings is 3. The number of rotatable bonds is 2. The molecule has 0 aliphatic rings. The molecule has 0 radical (unpaired) electrons. The summed E-state index contributed by atoms with van der Waals surface area (Å²) in [5, 5.41) is 11.0. The van der Waals surface area contributed by atoms with E-state index in [0.29, 0.717) is 0 Å². The molecule has 3 rings (SSSR count). The molecule has 0 amide bonds. The van der Waals surface area contributed by atoms with Gasteiger partial charge in [-0.25, -0.2) is 0 Å². The van der Waals surface area contributed by atoms with Gasteiger partial charge in [-0.15, -0.1) is 5.11 Å². The van der Waals surface area contributed by atoms with Crippen LogP contribution in [0.3, 0.4) is 0 Å². The second kappa shape index (κ2) is 5.48. The maximum absolute atomic E-state index is 4.36. The third kappa shape index (κ3) is 2.81. The number of hydrogen-bond acceptors (Lipinski definition) is 2. The first kappa shape index (κ1) is 12.3. The predicted octanol–water partition coefficient (Wildman–Crippen LogP) is 5.86. The Labute approximate surface area is 125 Å². The smallest absolute Gasteiger partial charge is 0.0935 e. The Balaban J connectivity index is 1.99. The van der Waals surface area contributed by atoms with E-state index in [1.165, 1.54) is 8.96 Å². The first-order valence-corrected chi connectivity index (χ1v) is 7.06. The van der Waals surface area contributed by atoms with E-state index in [2.05, 4.69) is 51.0 Å². The fraction of sp³-hybridized carbons (Fsp3) is 0. The van der Waals surface area contributed by atoms with Crippen LogP contribution in [-0.4, -0.2) is 0 Å². The third-order valence-corrected chi connectivity index (χ3v) is 3.59. The van der Waals surface area contributed by atoms with Crippen LogP contribution in [0.2, 0.25) is 0 Å². The van der Waals surface area contributed by atoms with E-state index in [1.807, 2.05) is 48.5 Å². The van der Waals surface area contributed by atoms with Crippen LogP contribution in [0.25, 0.3) is 10.8 Å². The molecule has 92 valence electrons. The first-order valence-electron chi connectivity index (χ1n) is 5.98. The van der Waals surface area contributed by atoms with Crippen molar-refractivity contribution >= 4 is 44.7 Å².